The summed E-state index contributed by atoms with van der Waals surface area (Å²) in [6.45, 7) is 2.00. The van der Waals surface area contributed by atoms with Crippen LogP contribution in [0.4, 0.5) is 5.69 Å². The van der Waals surface area contributed by atoms with E-state index in [-0.39, 0.29) is 12.5 Å². The van der Waals surface area contributed by atoms with Gasteiger partial charge in [0.05, 0.1) is 28.5 Å². The molecule has 0 saturated heterocycles. The first-order valence-electron chi connectivity index (χ1n) is 9.44. The summed E-state index contributed by atoms with van der Waals surface area (Å²) in [6, 6.07) is 18.8. The predicted molar refractivity (Wildman–Crippen MR) is 115 cm³/mol. The minimum atomic E-state index is -0.889. The molecule has 2 aromatic carbocycles. The number of para-hydroxylation sites is 3. The molecule has 1 aliphatic heterocycles. The molecule has 4 aromatic rings. The number of hydrogen-bond donors (Lipinski definition) is 1. The van der Waals surface area contributed by atoms with E-state index in [0.29, 0.717) is 16.3 Å². The van der Waals surface area contributed by atoms with Crippen molar-refractivity contribution < 1.29 is 14.3 Å². The van der Waals surface area contributed by atoms with Crippen molar-refractivity contribution in [3.8, 4) is 11.4 Å². The number of thiophene rings is 1. The van der Waals surface area contributed by atoms with Crippen LogP contribution in [0.3, 0.4) is 0 Å². The van der Waals surface area contributed by atoms with Crippen LogP contribution in [0.25, 0.3) is 15.9 Å². The zero-order chi connectivity index (χ0) is 20.8. The molecule has 0 bridgehead atoms. The van der Waals surface area contributed by atoms with Crippen LogP contribution in [0.15, 0.2) is 60.7 Å². The largest absolute Gasteiger partial charge is 0.477 e. The van der Waals surface area contributed by atoms with Crippen LogP contribution in [0.2, 0.25) is 0 Å². The number of aromatic nitrogens is 2. The van der Waals surface area contributed by atoms with Crippen molar-refractivity contribution in [2.45, 2.75) is 13.0 Å². The van der Waals surface area contributed by atoms with E-state index in [1.54, 1.807) is 23.1 Å². The summed E-state index contributed by atoms with van der Waals surface area (Å²) in [6.07, 6.45) is -0.889. The van der Waals surface area contributed by atoms with Crippen molar-refractivity contribution in [3.63, 3.8) is 0 Å². The number of carbonyl (C=O) groups excluding carboxylic acids is 2. The summed E-state index contributed by atoms with van der Waals surface area (Å²) < 4.78 is 7.52. The zero-order valence-corrected chi connectivity index (χ0v) is 16.9. The Kier molecular flexibility index (Phi) is 4.29. The fraction of sp³-hybridized carbons (Fsp3) is 0.136. The van der Waals surface area contributed by atoms with E-state index in [0.717, 1.165) is 21.6 Å². The minimum Gasteiger partial charge on any atom is -0.477 e. The number of fused-ring (bicyclic) bond motifs is 2. The summed E-state index contributed by atoms with van der Waals surface area (Å²) in [7, 11) is 0. The first-order valence-corrected chi connectivity index (χ1v) is 10.3. The number of ether oxygens (including phenoxy) is 1. The molecule has 5 rings (SSSR count). The Hall–Kier alpha value is -3.65. The van der Waals surface area contributed by atoms with Gasteiger partial charge < -0.3 is 10.5 Å². The molecule has 30 heavy (non-hydrogen) atoms. The number of primary amides is 1. The number of amides is 2. The van der Waals surface area contributed by atoms with Gasteiger partial charge in [0, 0.05) is 5.39 Å². The minimum absolute atomic E-state index is 0.0726. The van der Waals surface area contributed by atoms with Gasteiger partial charge in [-0.3, -0.25) is 14.5 Å². The number of nitrogens with two attached hydrogens (primary N) is 1. The predicted octanol–water partition coefficient (Wildman–Crippen LogP) is 3.29. The number of carbonyl (C=O) groups is 2. The summed E-state index contributed by atoms with van der Waals surface area (Å²) in [5.41, 5.74) is 7.87. The topological polar surface area (TPSA) is 90.5 Å². The van der Waals surface area contributed by atoms with E-state index in [9.17, 15) is 9.59 Å². The van der Waals surface area contributed by atoms with Gasteiger partial charge in [0.1, 0.15) is 10.6 Å². The SMILES string of the molecule is Cc1nn(-c2ccccc2)c2sc(C(=O)N3C[C@H](C(N)=O)Oc4ccccc43)cc12. The third-order valence-electron chi connectivity index (χ3n) is 5.09. The second-order valence-corrected chi connectivity index (χ2v) is 8.09. The molecule has 0 aliphatic carbocycles. The molecule has 2 amide bonds. The molecular weight excluding hydrogens is 400 g/mol. The maximum absolute atomic E-state index is 13.5. The van der Waals surface area contributed by atoms with Crippen LogP contribution in [-0.2, 0) is 4.79 Å². The van der Waals surface area contributed by atoms with E-state index >= 15 is 0 Å². The molecule has 1 aliphatic rings. The van der Waals surface area contributed by atoms with Crippen LogP contribution in [0.1, 0.15) is 15.4 Å². The Morgan fingerprint density at radius 2 is 1.87 bits per heavy atom. The Balaban J connectivity index is 1.58. The van der Waals surface area contributed by atoms with Gasteiger partial charge in [0.15, 0.2) is 6.10 Å². The second kappa shape index (κ2) is 7.00. The van der Waals surface area contributed by atoms with Gasteiger partial charge in [-0.2, -0.15) is 5.10 Å². The van der Waals surface area contributed by atoms with Crippen molar-refractivity contribution in [1.29, 1.82) is 0 Å². The fourth-order valence-corrected chi connectivity index (χ4v) is 4.74. The Labute approximate surface area is 176 Å². The Morgan fingerprint density at radius 1 is 1.13 bits per heavy atom. The quantitative estimate of drug-likeness (QED) is 0.553. The third kappa shape index (κ3) is 2.93. The number of nitrogens with zero attached hydrogens (tertiary/aromatic N) is 3. The van der Waals surface area contributed by atoms with Crippen molar-refractivity contribution in [2.75, 3.05) is 11.4 Å². The highest BCUT2D eigenvalue weighted by atomic mass is 32.1. The van der Waals surface area contributed by atoms with Gasteiger partial charge in [-0.05, 0) is 37.3 Å². The molecule has 2 aromatic heterocycles. The molecule has 0 unspecified atom stereocenters. The van der Waals surface area contributed by atoms with Gasteiger partial charge in [0.2, 0.25) is 0 Å². The van der Waals surface area contributed by atoms with Crippen molar-refractivity contribution in [2.24, 2.45) is 5.73 Å². The monoisotopic (exact) mass is 418 g/mol. The maximum Gasteiger partial charge on any atom is 0.268 e. The summed E-state index contributed by atoms with van der Waals surface area (Å²) in [5, 5.41) is 5.56. The van der Waals surface area contributed by atoms with Gasteiger partial charge in [-0.25, -0.2) is 4.68 Å². The first-order chi connectivity index (χ1) is 14.5. The highest BCUT2D eigenvalue weighted by molar-refractivity contribution is 7.20. The molecule has 2 N–H and O–H groups in total. The van der Waals surface area contributed by atoms with Gasteiger partial charge in [-0.15, -0.1) is 11.3 Å². The average molecular weight is 418 g/mol. The zero-order valence-electron chi connectivity index (χ0n) is 16.1. The molecule has 150 valence electrons. The van der Waals surface area contributed by atoms with E-state index in [1.165, 1.54) is 11.3 Å². The standard InChI is InChI=1S/C22H18N4O3S/c1-13-15-11-19(30-22(15)26(24-13)14-7-3-2-4-8-14)21(28)25-12-18(20(23)27)29-17-10-6-5-9-16(17)25/h2-11,18H,12H2,1H3,(H2,23,27)/t18-/m1/s1. The molecule has 0 saturated carbocycles. The van der Waals surface area contributed by atoms with Crippen molar-refractivity contribution in [1.82, 2.24) is 9.78 Å². The molecule has 0 radical (unpaired) electrons. The first kappa shape index (κ1) is 18.4. The lowest BCUT2D eigenvalue weighted by molar-refractivity contribution is -0.124. The average Bonchev–Trinajstić information content (AvgIpc) is 3.33. The van der Waals surface area contributed by atoms with Crippen LogP contribution in [-0.4, -0.2) is 34.2 Å². The summed E-state index contributed by atoms with van der Waals surface area (Å²) in [5.74, 6) is -0.333. The van der Waals surface area contributed by atoms with Gasteiger partial charge in [-0.1, -0.05) is 30.3 Å². The molecule has 3 heterocycles. The number of aryl methyl sites for hydroxylation is 1. The maximum atomic E-state index is 13.5. The second-order valence-electron chi connectivity index (χ2n) is 7.05. The lowest BCUT2D eigenvalue weighted by Gasteiger charge is -2.33. The fourth-order valence-electron chi connectivity index (χ4n) is 3.60. The van der Waals surface area contributed by atoms with Gasteiger partial charge >= 0.3 is 0 Å². The number of anilines is 1. The van der Waals surface area contributed by atoms with Crippen molar-refractivity contribution in [3.05, 3.63) is 71.2 Å². The number of benzene rings is 2. The number of hydrogen-bond acceptors (Lipinski definition) is 5. The molecule has 7 nitrogen and oxygen atoms in total. The lowest BCUT2D eigenvalue weighted by Crippen LogP contribution is -2.49. The van der Waals surface area contributed by atoms with E-state index < -0.39 is 12.0 Å². The van der Waals surface area contributed by atoms with Crippen LogP contribution < -0.4 is 15.4 Å². The molecular formula is C22H18N4O3S. The highest BCUT2D eigenvalue weighted by Gasteiger charge is 2.34. The Morgan fingerprint density at radius 3 is 2.63 bits per heavy atom. The van der Waals surface area contributed by atoms with E-state index in [1.807, 2.05) is 54.1 Å². The third-order valence-corrected chi connectivity index (χ3v) is 6.19. The van der Waals surface area contributed by atoms with Crippen molar-refractivity contribution >= 4 is 39.1 Å². The highest BCUT2D eigenvalue weighted by Crippen LogP contribution is 2.36. The van der Waals surface area contributed by atoms with Crippen LogP contribution in [0, 0.1) is 6.92 Å². The van der Waals surface area contributed by atoms with E-state index in [4.69, 9.17) is 10.5 Å². The summed E-state index contributed by atoms with van der Waals surface area (Å²) >= 11 is 1.38. The smallest absolute Gasteiger partial charge is 0.268 e. The van der Waals surface area contributed by atoms with Crippen LogP contribution >= 0.6 is 11.3 Å². The van der Waals surface area contributed by atoms with Gasteiger partial charge in [0.25, 0.3) is 11.8 Å². The molecule has 0 fully saturated rings. The normalized spacial score (nSPS) is 15.6. The van der Waals surface area contributed by atoms with Crippen LogP contribution in [0.5, 0.6) is 5.75 Å². The lowest BCUT2D eigenvalue weighted by atomic mass is 10.1. The Bertz CT molecular complexity index is 1280. The molecule has 0 spiro atoms. The molecule has 8 heteroatoms. The number of rotatable bonds is 3. The summed E-state index contributed by atoms with van der Waals surface area (Å²) in [4.78, 5) is 28.2. The molecule has 1 atom stereocenters. The van der Waals surface area contributed by atoms with E-state index in [2.05, 4.69) is 5.10 Å².